The number of aromatic nitrogens is 4. The molecule has 1 aliphatic rings. The second-order valence-corrected chi connectivity index (χ2v) is 6.64. The van der Waals surface area contributed by atoms with Gasteiger partial charge in [-0.25, -0.2) is 4.39 Å². The average molecular weight is 364 g/mol. The molecule has 7 nitrogen and oxygen atoms in total. The summed E-state index contributed by atoms with van der Waals surface area (Å²) >= 11 is 0. The Kier molecular flexibility index (Phi) is 3.92. The molecule has 27 heavy (non-hydrogen) atoms. The zero-order chi connectivity index (χ0) is 19.1. The van der Waals surface area contributed by atoms with Gasteiger partial charge in [0.2, 0.25) is 11.8 Å². The Bertz CT molecular complexity index is 1070. The first kappa shape index (κ1) is 16.8. The number of fused-ring (bicyclic) bond motifs is 1. The zero-order valence-corrected chi connectivity index (χ0v) is 14.7. The van der Waals surface area contributed by atoms with Gasteiger partial charge in [-0.3, -0.25) is 10.2 Å². The van der Waals surface area contributed by atoms with Crippen molar-refractivity contribution in [3.8, 4) is 23.2 Å². The van der Waals surface area contributed by atoms with Crippen molar-refractivity contribution in [1.29, 1.82) is 5.26 Å². The monoisotopic (exact) mass is 364 g/mol. The SMILES string of the molecule is CC(C)c1[nH]nc2c1[C@H](c1cn[nH]c1-c1ccc(F)cc1)C(C#N)=C(N)O2. The molecule has 0 saturated carbocycles. The topological polar surface area (TPSA) is 116 Å². The van der Waals surface area contributed by atoms with Gasteiger partial charge in [0.05, 0.1) is 23.4 Å². The highest BCUT2D eigenvalue weighted by atomic mass is 19.1. The second-order valence-electron chi connectivity index (χ2n) is 6.64. The predicted molar refractivity (Wildman–Crippen MR) is 96.0 cm³/mol. The third-order valence-electron chi connectivity index (χ3n) is 4.66. The highest BCUT2D eigenvalue weighted by molar-refractivity contribution is 5.68. The Labute approximate surface area is 154 Å². The lowest BCUT2D eigenvalue weighted by Crippen LogP contribution is -2.21. The summed E-state index contributed by atoms with van der Waals surface area (Å²) in [6, 6.07) is 8.23. The molecule has 0 unspecified atom stereocenters. The van der Waals surface area contributed by atoms with E-state index in [1.165, 1.54) is 12.1 Å². The van der Waals surface area contributed by atoms with E-state index in [1.807, 2.05) is 13.8 Å². The van der Waals surface area contributed by atoms with Gasteiger partial charge in [0, 0.05) is 16.8 Å². The van der Waals surface area contributed by atoms with Gasteiger partial charge < -0.3 is 10.5 Å². The number of allylic oxidation sites excluding steroid dienone is 1. The van der Waals surface area contributed by atoms with E-state index in [4.69, 9.17) is 10.5 Å². The van der Waals surface area contributed by atoms with E-state index >= 15 is 0 Å². The molecule has 136 valence electrons. The number of hydrogen-bond acceptors (Lipinski definition) is 5. The molecule has 0 spiro atoms. The molecule has 3 aromatic rings. The first-order valence-electron chi connectivity index (χ1n) is 8.46. The smallest absolute Gasteiger partial charge is 0.244 e. The Morgan fingerprint density at radius 3 is 2.67 bits per heavy atom. The highest BCUT2D eigenvalue weighted by Gasteiger charge is 2.37. The van der Waals surface area contributed by atoms with Crippen LogP contribution in [0.1, 0.15) is 42.5 Å². The predicted octanol–water partition coefficient (Wildman–Crippen LogP) is 3.28. The minimum atomic E-state index is -0.492. The number of nitrogens with two attached hydrogens (primary N) is 1. The van der Waals surface area contributed by atoms with E-state index < -0.39 is 5.92 Å². The lowest BCUT2D eigenvalue weighted by atomic mass is 9.82. The molecular formula is C19H17FN6O. The molecular weight excluding hydrogens is 347 g/mol. The van der Waals surface area contributed by atoms with Gasteiger partial charge in [0.1, 0.15) is 17.5 Å². The third-order valence-corrected chi connectivity index (χ3v) is 4.66. The van der Waals surface area contributed by atoms with Crippen LogP contribution in [0.5, 0.6) is 5.88 Å². The van der Waals surface area contributed by atoms with Crippen LogP contribution in [0, 0.1) is 17.1 Å². The molecule has 1 aromatic carbocycles. The van der Waals surface area contributed by atoms with Gasteiger partial charge in [-0.15, -0.1) is 5.10 Å². The van der Waals surface area contributed by atoms with Crippen molar-refractivity contribution < 1.29 is 9.13 Å². The van der Waals surface area contributed by atoms with E-state index in [9.17, 15) is 9.65 Å². The fourth-order valence-corrected chi connectivity index (χ4v) is 3.38. The summed E-state index contributed by atoms with van der Waals surface area (Å²) in [4.78, 5) is 0. The number of nitriles is 1. The molecule has 1 atom stereocenters. The second kappa shape index (κ2) is 6.29. The molecule has 4 N–H and O–H groups in total. The zero-order valence-electron chi connectivity index (χ0n) is 14.7. The fraction of sp³-hybridized carbons (Fsp3) is 0.211. The van der Waals surface area contributed by atoms with Gasteiger partial charge in [0.25, 0.3) is 0 Å². The van der Waals surface area contributed by atoms with Crippen LogP contribution in [0.2, 0.25) is 0 Å². The average Bonchev–Trinajstić information content (AvgIpc) is 3.28. The standard InChI is InChI=1S/C19H17FN6O/c1-9(2)16-15-14(12(7-21)18(22)27-19(15)26-25-16)13-8-23-24-17(13)10-3-5-11(20)6-4-10/h3-6,8-9,14H,22H2,1-2H3,(H,23,24)(H,25,26)/t14-/m0/s1. The molecule has 0 radical (unpaired) electrons. The van der Waals surface area contributed by atoms with E-state index in [2.05, 4.69) is 26.5 Å². The number of benzene rings is 1. The molecule has 3 heterocycles. The van der Waals surface area contributed by atoms with Crippen LogP contribution in [-0.4, -0.2) is 20.4 Å². The largest absolute Gasteiger partial charge is 0.420 e. The minimum Gasteiger partial charge on any atom is -0.420 e. The molecule has 0 fully saturated rings. The Balaban J connectivity index is 1.94. The summed E-state index contributed by atoms with van der Waals surface area (Å²) in [5.74, 6) is -0.317. The van der Waals surface area contributed by atoms with Gasteiger partial charge >= 0.3 is 0 Å². The van der Waals surface area contributed by atoms with Crippen LogP contribution in [0.4, 0.5) is 4.39 Å². The summed E-state index contributed by atoms with van der Waals surface area (Å²) in [6.45, 7) is 4.05. The van der Waals surface area contributed by atoms with E-state index in [-0.39, 0.29) is 23.2 Å². The van der Waals surface area contributed by atoms with Crippen molar-refractivity contribution >= 4 is 0 Å². The third kappa shape index (κ3) is 2.64. The summed E-state index contributed by atoms with van der Waals surface area (Å²) in [5, 5.41) is 24.1. The molecule has 0 saturated heterocycles. The maximum absolute atomic E-state index is 13.3. The number of nitrogens with one attached hydrogen (secondary N) is 2. The number of nitrogens with zero attached hydrogens (tertiary/aromatic N) is 3. The first-order valence-corrected chi connectivity index (χ1v) is 8.46. The molecule has 1 aliphatic heterocycles. The molecule has 0 amide bonds. The summed E-state index contributed by atoms with van der Waals surface area (Å²) in [7, 11) is 0. The number of hydrogen-bond donors (Lipinski definition) is 3. The van der Waals surface area contributed by atoms with Crippen molar-refractivity contribution in [3.63, 3.8) is 0 Å². The Hall–Kier alpha value is -3.60. The number of rotatable bonds is 3. The highest BCUT2D eigenvalue weighted by Crippen LogP contribution is 2.46. The minimum absolute atomic E-state index is 0.0167. The summed E-state index contributed by atoms with van der Waals surface area (Å²) in [5.41, 5.74) is 10.1. The maximum atomic E-state index is 13.3. The first-order chi connectivity index (χ1) is 13.0. The van der Waals surface area contributed by atoms with Crippen molar-refractivity contribution in [2.45, 2.75) is 25.7 Å². The maximum Gasteiger partial charge on any atom is 0.244 e. The lowest BCUT2D eigenvalue weighted by molar-refractivity contribution is 0.378. The molecule has 4 rings (SSSR count). The van der Waals surface area contributed by atoms with E-state index in [1.54, 1.807) is 18.3 Å². The van der Waals surface area contributed by atoms with Gasteiger partial charge in [-0.2, -0.15) is 10.4 Å². The normalized spacial score (nSPS) is 16.2. The van der Waals surface area contributed by atoms with Crippen LogP contribution < -0.4 is 10.5 Å². The van der Waals surface area contributed by atoms with E-state index in [0.717, 1.165) is 22.4 Å². The van der Waals surface area contributed by atoms with Crippen molar-refractivity contribution in [1.82, 2.24) is 20.4 Å². The number of ether oxygens (including phenoxy) is 1. The van der Waals surface area contributed by atoms with Crippen molar-refractivity contribution in [2.75, 3.05) is 0 Å². The van der Waals surface area contributed by atoms with Gasteiger partial charge in [0.15, 0.2) is 0 Å². The van der Waals surface area contributed by atoms with Gasteiger partial charge in [-0.05, 0) is 30.2 Å². The molecule has 0 bridgehead atoms. The van der Waals surface area contributed by atoms with Crippen LogP contribution in [0.15, 0.2) is 41.9 Å². The summed E-state index contributed by atoms with van der Waals surface area (Å²) < 4.78 is 18.9. The summed E-state index contributed by atoms with van der Waals surface area (Å²) in [6.07, 6.45) is 1.65. The van der Waals surface area contributed by atoms with Crippen LogP contribution >= 0.6 is 0 Å². The van der Waals surface area contributed by atoms with E-state index in [0.29, 0.717) is 11.6 Å². The molecule has 2 aromatic heterocycles. The molecule has 0 aliphatic carbocycles. The van der Waals surface area contributed by atoms with Crippen molar-refractivity contribution in [2.24, 2.45) is 5.73 Å². The Morgan fingerprint density at radius 2 is 2.00 bits per heavy atom. The van der Waals surface area contributed by atoms with Crippen LogP contribution in [0.3, 0.4) is 0 Å². The lowest BCUT2D eigenvalue weighted by Gasteiger charge is -2.24. The van der Waals surface area contributed by atoms with Gasteiger partial charge in [-0.1, -0.05) is 13.8 Å². The quantitative estimate of drug-likeness (QED) is 0.659. The van der Waals surface area contributed by atoms with Crippen LogP contribution in [-0.2, 0) is 0 Å². The Morgan fingerprint density at radius 1 is 1.26 bits per heavy atom. The van der Waals surface area contributed by atoms with Crippen molar-refractivity contribution in [3.05, 3.63) is 64.6 Å². The number of H-pyrrole nitrogens is 2. The fourth-order valence-electron chi connectivity index (χ4n) is 3.38. The number of aromatic amines is 2. The molecule has 8 heteroatoms. The van der Waals surface area contributed by atoms with Crippen LogP contribution in [0.25, 0.3) is 11.3 Å². The number of halogens is 1.